The molecule has 0 amide bonds. The summed E-state index contributed by atoms with van der Waals surface area (Å²) in [6, 6.07) is 8.24. The summed E-state index contributed by atoms with van der Waals surface area (Å²) in [5, 5.41) is 14.5. The van der Waals surface area contributed by atoms with Gasteiger partial charge in [0.1, 0.15) is 11.5 Å². The third-order valence-electron chi connectivity index (χ3n) is 9.52. The average molecular weight is 1150 g/mol. The molecule has 2 aliphatic rings. The minimum atomic E-state index is -3.74. The standard InChI is InChI=1S/C25H27N3O2S.C13H14BrNO2.C12H14N2S.CH2O3.ClH.2K.H/c29-25-9-7-19-6-8-20(18-22(19)26-25)30-16-2-1-11-27-12-14-28(15-13-27)23-4-3-5-24-21(23)10-17-31-24;14-7-1-2-8-17-11-5-3-10-4-6-13(16)15-12(10)9-11;1-2-11(14-7-5-13-6-8-14)10-4-9-15-12(10)3-1;2-1-4-3;;;;/h3-10,17-18H,1-2,11-16H2,(H,26,29);3-6,9H,1-2,7-8H2,(H,15,16);1-4,9,13H,5-8H2;1,3H;1H;;;/q;;;;;2*+1;-1/p-1/i1D2,2D2,6D,7D,8D,9D,11D2,16D2,18D;1D2,2D2,3D,4D,5D,6D,7D2,8D2,9D;;;;;;. The van der Waals surface area contributed by atoms with Crippen molar-refractivity contribution >= 4 is 111 Å². The van der Waals surface area contributed by atoms with Crippen molar-refractivity contribution in [1.29, 1.82) is 0 Å². The number of rotatable bonds is 14. The second-order valence-electron chi connectivity index (χ2n) is 13.6. The number of nitrogens with one attached hydrogen (secondary N) is 3. The zero-order chi connectivity index (χ0) is 69.7. The molecule has 2 aliphatic heterocycles. The van der Waals surface area contributed by atoms with E-state index in [1.807, 2.05) is 45.9 Å². The van der Waals surface area contributed by atoms with E-state index in [-0.39, 0.29) is 136 Å². The minimum Gasteiger partial charge on any atom is -1.00 e. The fourth-order valence-electron chi connectivity index (χ4n) is 6.59. The predicted molar refractivity (Wildman–Crippen MR) is 285 cm³/mol. The van der Waals surface area contributed by atoms with Gasteiger partial charge in [-0.15, -0.1) is 35.1 Å². The number of ether oxygens (including phenoxy) is 2. The summed E-state index contributed by atoms with van der Waals surface area (Å²) in [6.07, 6.45) is -14.5. The number of hydrogen-bond acceptors (Lipinski definition) is 13. The van der Waals surface area contributed by atoms with E-state index in [1.165, 1.54) is 15.8 Å². The number of anilines is 2. The van der Waals surface area contributed by atoms with Crippen LogP contribution >= 0.6 is 51.0 Å². The first-order valence-corrected chi connectivity index (χ1v) is 22.5. The van der Waals surface area contributed by atoms with Crippen molar-refractivity contribution in [2.24, 2.45) is 0 Å². The minimum absolute atomic E-state index is 0. The van der Waals surface area contributed by atoms with Crippen LogP contribution in [0.25, 0.3) is 42.0 Å². The molecule has 0 atom stereocenters. The second-order valence-corrected chi connectivity index (χ2v) is 15.8. The molecule has 2 saturated heterocycles. The van der Waals surface area contributed by atoms with Crippen LogP contribution in [-0.4, -0.2) is 98.6 Å². The average Bonchev–Trinajstić information content (AvgIpc) is 1.18. The number of carbonyl (C=O) groups excluding carboxylic acids is 1. The molecule has 6 heterocycles. The van der Waals surface area contributed by atoms with E-state index >= 15 is 0 Å². The van der Waals surface area contributed by atoms with Gasteiger partial charge in [0.25, 0.3) is 6.47 Å². The smallest absolute Gasteiger partial charge is 1.00 e. The molecular weight excluding hydrogens is 1070 g/mol. The predicted octanol–water partition coefficient (Wildman–Crippen LogP) is 3.09. The molecule has 4 aromatic heterocycles. The van der Waals surface area contributed by atoms with Crippen LogP contribution in [0, 0.1) is 0 Å². The van der Waals surface area contributed by atoms with Gasteiger partial charge in [0.05, 0.1) is 43.3 Å². The number of hydrogen-bond donors (Lipinski definition) is 3. The number of halogens is 2. The summed E-state index contributed by atoms with van der Waals surface area (Å²) in [4.78, 5) is 44.9. The van der Waals surface area contributed by atoms with E-state index in [0.717, 1.165) is 46.9 Å². The molecule has 13 nitrogen and oxygen atoms in total. The summed E-state index contributed by atoms with van der Waals surface area (Å²) < 4.78 is 222. The number of H-pyrrole nitrogens is 2. The van der Waals surface area contributed by atoms with Crippen molar-refractivity contribution in [3.63, 3.8) is 0 Å². The molecule has 2 fully saturated rings. The maximum absolute atomic E-state index is 12.1. The largest absolute Gasteiger partial charge is 1.00 e. The number of carbonyl (C=O) groups is 1. The second kappa shape index (κ2) is 32.9. The summed E-state index contributed by atoms with van der Waals surface area (Å²) in [7, 11) is 0. The number of thiophene rings is 2. The molecule has 3 N–H and O–H groups in total. The maximum atomic E-state index is 12.1. The van der Waals surface area contributed by atoms with Gasteiger partial charge in [0, 0.05) is 130 Å². The molecule has 70 heavy (non-hydrogen) atoms. The van der Waals surface area contributed by atoms with Crippen molar-refractivity contribution in [2.45, 2.75) is 25.5 Å². The third-order valence-corrected chi connectivity index (χ3v) is 11.5. The number of nitrogens with zero attached hydrogens (tertiary/aromatic N) is 3. The number of aromatic nitrogens is 2. The van der Waals surface area contributed by atoms with Gasteiger partial charge in [-0.25, -0.2) is 0 Å². The molecule has 19 heteroatoms. The Kier molecular flexibility index (Phi) is 15.2. The van der Waals surface area contributed by atoms with Crippen molar-refractivity contribution in [3.8, 4) is 11.5 Å². The number of fused-ring (bicyclic) bond motifs is 4. The van der Waals surface area contributed by atoms with Crippen LogP contribution in [0.5, 0.6) is 11.5 Å². The summed E-state index contributed by atoms with van der Waals surface area (Å²) in [6.45, 7) is -5.58. The van der Waals surface area contributed by atoms with Gasteiger partial charge in [0.2, 0.25) is 11.1 Å². The van der Waals surface area contributed by atoms with Crippen molar-refractivity contribution < 1.29 is 164 Å². The monoisotopic (exact) mass is 1150 g/mol. The first kappa shape index (κ1) is 32.3. The molecule has 10 rings (SSSR count). The van der Waals surface area contributed by atoms with Gasteiger partial charge in [-0.2, -0.15) is 0 Å². The normalized spacial score (nSPS) is 20.3. The number of alkyl halides is 1. The Morgan fingerprint density at radius 1 is 0.686 bits per heavy atom. The Morgan fingerprint density at radius 2 is 1.16 bits per heavy atom. The van der Waals surface area contributed by atoms with Gasteiger partial charge in [-0.05, 0) is 126 Å². The molecule has 0 radical (unpaired) electrons. The summed E-state index contributed by atoms with van der Waals surface area (Å²) in [5.74, 6) is -2.04. The Hall–Kier alpha value is -2.19. The number of aromatic amines is 2. The molecule has 0 saturated carbocycles. The molecule has 8 aromatic rings. The summed E-state index contributed by atoms with van der Waals surface area (Å²) >= 11 is 5.73. The van der Waals surface area contributed by atoms with Gasteiger partial charge in [-0.1, -0.05) is 28.1 Å². The van der Waals surface area contributed by atoms with Crippen LogP contribution < -0.4 is 144 Å². The van der Waals surface area contributed by atoms with E-state index < -0.39 is 155 Å². The van der Waals surface area contributed by atoms with Crippen LogP contribution in [0.3, 0.4) is 0 Å². The van der Waals surface area contributed by atoms with Gasteiger partial charge >= 0.3 is 103 Å². The van der Waals surface area contributed by atoms with Crippen molar-refractivity contribution in [3.05, 3.63) is 140 Å². The Balaban J connectivity index is 0.000000398. The maximum Gasteiger partial charge on any atom is 1.00 e. The zero-order valence-corrected chi connectivity index (χ0v) is 47.6. The van der Waals surface area contributed by atoms with E-state index in [4.69, 9.17) is 55.2 Å². The first-order valence-electron chi connectivity index (χ1n) is 32.9. The Morgan fingerprint density at radius 3 is 1.64 bits per heavy atom. The zero-order valence-electron chi connectivity index (χ0n) is 64.3. The molecule has 0 unspecified atom stereocenters. The molecule has 0 bridgehead atoms. The van der Waals surface area contributed by atoms with Crippen LogP contribution in [0.4, 0.5) is 11.4 Å². The van der Waals surface area contributed by atoms with Gasteiger partial charge < -0.3 is 46.1 Å². The molecule has 0 aliphatic carbocycles. The van der Waals surface area contributed by atoms with Gasteiger partial charge in [-0.3, -0.25) is 19.3 Å². The molecule has 4 aromatic carbocycles. The van der Waals surface area contributed by atoms with E-state index in [0.29, 0.717) is 13.1 Å². The molecular formula is C51H58BrClK2N6O7S2. The quantitative estimate of drug-likeness (QED) is 0.0484. The van der Waals surface area contributed by atoms with Gasteiger partial charge in [0.15, 0.2) is 0 Å². The van der Waals surface area contributed by atoms with Crippen LogP contribution in [0.15, 0.2) is 129 Å². The van der Waals surface area contributed by atoms with E-state index in [2.05, 4.69) is 70.6 Å². The van der Waals surface area contributed by atoms with E-state index in [1.54, 1.807) is 11.3 Å². The fraction of sp³-hybridized carbons (Fsp3) is 0.314. The Labute approximate surface area is 554 Å². The number of pyridine rings is 2. The van der Waals surface area contributed by atoms with Crippen molar-refractivity contribution in [2.75, 3.05) is 87.1 Å². The Bertz CT molecular complexity index is 4240. The third kappa shape index (κ3) is 18.3. The van der Waals surface area contributed by atoms with Crippen LogP contribution in [0.1, 0.15) is 62.6 Å². The SMILES string of the molecule is Cl.O=CO[O-].[2H]c1c(OC([2H])([2H])C([2H])([2H])C([2H])([2H])C([2H])([2H])Br)c([2H])c2[nH]c(=O)c([2H])c([2H])c2c1[2H].[2H]c1c(OC([2H])([2H])C([2H])([2H])C([2H])([2H])C([2H])([2H])N2CCN(c3cccc4sccc34)CC2)c([2H])c2[nH]c(=O)c([2H])c([2H])c2c1[2H].[H-].[K+].[K+].c1cc(N2CCNCC2)c2ccsc2c1. The molecule has 362 valence electrons. The summed E-state index contributed by atoms with van der Waals surface area (Å²) in [5.41, 5.74) is -0.883. The fourth-order valence-corrected chi connectivity index (χ4v) is 8.30. The number of benzene rings is 4. The molecule has 0 spiro atoms. The van der Waals surface area contributed by atoms with Crippen LogP contribution in [-0.2, 0) is 9.68 Å². The first-order chi connectivity index (χ1) is 43.0. The van der Waals surface area contributed by atoms with Crippen LogP contribution in [0.2, 0.25) is 0 Å². The topological polar surface area (TPSA) is 155 Å². The number of piperazine rings is 2. The van der Waals surface area contributed by atoms with E-state index in [9.17, 15) is 9.59 Å². The van der Waals surface area contributed by atoms with Crippen molar-refractivity contribution in [1.82, 2.24) is 20.2 Å².